The van der Waals surface area contributed by atoms with Crippen molar-refractivity contribution in [2.45, 2.75) is 31.7 Å². The van der Waals surface area contributed by atoms with Crippen LogP contribution in [0.5, 0.6) is 0 Å². The fourth-order valence-corrected chi connectivity index (χ4v) is 5.02. The molecule has 35 heavy (non-hydrogen) atoms. The monoisotopic (exact) mass is 484 g/mol. The minimum absolute atomic E-state index is 0.0516. The number of anilines is 2. The van der Waals surface area contributed by atoms with Crippen LogP contribution in [0.25, 0.3) is 22.3 Å². The molecule has 0 saturated heterocycles. The molecule has 0 unspecified atom stereocenters. The fourth-order valence-electron chi connectivity index (χ4n) is 4.04. The molecular formula is C25H24N8OS. The van der Waals surface area contributed by atoms with Gasteiger partial charge in [0.25, 0.3) is 5.91 Å². The summed E-state index contributed by atoms with van der Waals surface area (Å²) < 4.78 is 1.76. The van der Waals surface area contributed by atoms with Gasteiger partial charge in [0.15, 0.2) is 5.65 Å². The summed E-state index contributed by atoms with van der Waals surface area (Å²) in [5.41, 5.74) is 5.20. The predicted octanol–water partition coefficient (Wildman–Crippen LogP) is 5.12. The first kappa shape index (κ1) is 21.5. The molecule has 10 heteroatoms. The Morgan fingerprint density at radius 1 is 1.23 bits per heavy atom. The van der Waals surface area contributed by atoms with Crippen molar-refractivity contribution in [1.29, 1.82) is 0 Å². The molecule has 5 aromatic rings. The molecule has 176 valence electrons. The number of benzene rings is 1. The predicted molar refractivity (Wildman–Crippen MR) is 137 cm³/mol. The van der Waals surface area contributed by atoms with Gasteiger partial charge in [0.1, 0.15) is 16.2 Å². The third kappa shape index (κ3) is 4.40. The Morgan fingerprint density at radius 2 is 2.11 bits per heavy atom. The van der Waals surface area contributed by atoms with Crippen molar-refractivity contribution < 1.29 is 4.79 Å². The highest BCUT2D eigenvalue weighted by Gasteiger charge is 2.27. The normalized spacial score (nSPS) is 14.2. The van der Waals surface area contributed by atoms with Gasteiger partial charge < -0.3 is 15.6 Å². The van der Waals surface area contributed by atoms with Crippen molar-refractivity contribution in [3.05, 3.63) is 70.7 Å². The van der Waals surface area contributed by atoms with Gasteiger partial charge in [0.2, 0.25) is 0 Å². The van der Waals surface area contributed by atoms with Crippen molar-refractivity contribution in [3.63, 3.8) is 0 Å². The third-order valence-electron chi connectivity index (χ3n) is 6.08. The molecule has 1 aliphatic rings. The molecule has 0 bridgehead atoms. The molecule has 0 aliphatic heterocycles. The van der Waals surface area contributed by atoms with Gasteiger partial charge in [-0.05, 0) is 37.5 Å². The Labute approximate surface area is 205 Å². The lowest BCUT2D eigenvalue weighted by Crippen LogP contribution is -2.12. The number of aromatic nitrogens is 6. The lowest BCUT2D eigenvalue weighted by molar-refractivity contribution is 0.103. The number of carbonyl (C=O) groups excluding carboxylic acids is 1. The van der Waals surface area contributed by atoms with E-state index in [1.807, 2.05) is 49.9 Å². The highest BCUT2D eigenvalue weighted by atomic mass is 32.1. The van der Waals surface area contributed by atoms with Crippen molar-refractivity contribution in [3.8, 4) is 11.1 Å². The van der Waals surface area contributed by atoms with Gasteiger partial charge in [0.05, 0.1) is 29.6 Å². The summed E-state index contributed by atoms with van der Waals surface area (Å²) in [6.45, 7) is 2.05. The second kappa shape index (κ2) is 8.62. The van der Waals surface area contributed by atoms with E-state index in [9.17, 15) is 4.79 Å². The maximum atomic E-state index is 12.7. The topological polar surface area (TPSA) is 113 Å². The molecule has 1 saturated carbocycles. The molecular weight excluding hydrogens is 460 g/mol. The number of hydrogen-bond acceptors (Lipinski definition) is 7. The smallest absolute Gasteiger partial charge is 0.267 e. The SMILES string of the molecule is C[C@H](Nc1cnc2[nH]cc(-c3cnn(C)c3)c2n1)c1cccc(NC(=O)c2cnc(C3CC3)s2)c1. The zero-order chi connectivity index (χ0) is 23.9. The zero-order valence-corrected chi connectivity index (χ0v) is 20.1. The summed E-state index contributed by atoms with van der Waals surface area (Å²) in [7, 11) is 1.89. The summed E-state index contributed by atoms with van der Waals surface area (Å²) in [4.78, 5) is 30.3. The molecule has 1 fully saturated rings. The largest absolute Gasteiger partial charge is 0.362 e. The van der Waals surface area contributed by atoms with Gasteiger partial charge in [-0.2, -0.15) is 5.10 Å². The standard InChI is InChI=1S/C25H24N8OS/c1-14(30-21-12-27-23-22(32-21)19(10-26-23)17-9-29-33(2)13-17)16-4-3-5-18(8-16)31-24(34)20-11-28-25(35-20)15-6-7-15/h3-5,8-15H,6-7H2,1-2H3,(H,26,27)(H,30,32)(H,31,34)/t14-/m0/s1. The zero-order valence-electron chi connectivity index (χ0n) is 19.3. The molecule has 9 nitrogen and oxygen atoms in total. The number of hydrogen-bond donors (Lipinski definition) is 3. The second-order valence-electron chi connectivity index (χ2n) is 8.84. The number of H-pyrrole nitrogens is 1. The Balaban J connectivity index is 1.18. The molecule has 0 radical (unpaired) electrons. The van der Waals surface area contributed by atoms with E-state index in [0.717, 1.165) is 38.5 Å². The molecule has 1 aromatic carbocycles. The minimum atomic E-state index is -0.126. The van der Waals surface area contributed by atoms with Crippen LogP contribution in [0.3, 0.4) is 0 Å². The van der Waals surface area contributed by atoms with E-state index >= 15 is 0 Å². The second-order valence-corrected chi connectivity index (χ2v) is 9.90. The molecule has 1 atom stereocenters. The van der Waals surface area contributed by atoms with Crippen LogP contribution in [0.4, 0.5) is 11.5 Å². The maximum absolute atomic E-state index is 12.7. The van der Waals surface area contributed by atoms with Gasteiger partial charge in [-0.25, -0.2) is 15.0 Å². The van der Waals surface area contributed by atoms with Crippen LogP contribution >= 0.6 is 11.3 Å². The Kier molecular flexibility index (Phi) is 5.29. The van der Waals surface area contributed by atoms with E-state index in [4.69, 9.17) is 4.98 Å². The average Bonchev–Trinajstić information content (AvgIpc) is 3.23. The quantitative estimate of drug-likeness (QED) is 0.296. The number of aromatic amines is 1. The number of fused-ring (bicyclic) bond motifs is 1. The first-order valence-electron chi connectivity index (χ1n) is 11.5. The molecule has 6 rings (SSSR count). The number of carbonyl (C=O) groups is 1. The molecule has 0 spiro atoms. The van der Waals surface area contributed by atoms with Crippen molar-refractivity contribution in [2.24, 2.45) is 7.05 Å². The van der Waals surface area contributed by atoms with Gasteiger partial charge >= 0.3 is 0 Å². The molecule has 4 aromatic heterocycles. The summed E-state index contributed by atoms with van der Waals surface area (Å²) >= 11 is 1.49. The van der Waals surface area contributed by atoms with E-state index in [1.165, 1.54) is 24.2 Å². The van der Waals surface area contributed by atoms with E-state index in [1.54, 1.807) is 17.1 Å². The van der Waals surface area contributed by atoms with Gasteiger partial charge in [0, 0.05) is 42.2 Å². The Bertz CT molecular complexity index is 1530. The van der Waals surface area contributed by atoms with E-state index < -0.39 is 0 Å². The van der Waals surface area contributed by atoms with Gasteiger partial charge in [-0.3, -0.25) is 9.48 Å². The Morgan fingerprint density at radius 3 is 2.91 bits per heavy atom. The van der Waals surface area contributed by atoms with Crippen molar-refractivity contribution >= 4 is 39.9 Å². The number of aryl methyl sites for hydroxylation is 1. The molecule has 1 amide bonds. The minimum Gasteiger partial charge on any atom is -0.362 e. The van der Waals surface area contributed by atoms with Crippen LogP contribution in [0.2, 0.25) is 0 Å². The third-order valence-corrected chi connectivity index (χ3v) is 7.24. The maximum Gasteiger partial charge on any atom is 0.267 e. The summed E-state index contributed by atoms with van der Waals surface area (Å²) in [5, 5.41) is 11.8. The highest BCUT2D eigenvalue weighted by Crippen LogP contribution is 2.41. The van der Waals surface area contributed by atoms with Crippen LogP contribution < -0.4 is 10.6 Å². The highest BCUT2D eigenvalue weighted by molar-refractivity contribution is 7.13. The number of amides is 1. The van der Waals surface area contributed by atoms with Crippen LogP contribution in [-0.4, -0.2) is 35.6 Å². The van der Waals surface area contributed by atoms with Gasteiger partial charge in [-0.1, -0.05) is 12.1 Å². The molecule has 3 N–H and O–H groups in total. The first-order valence-corrected chi connectivity index (χ1v) is 12.3. The summed E-state index contributed by atoms with van der Waals surface area (Å²) in [5.74, 6) is 1.09. The lowest BCUT2D eigenvalue weighted by atomic mass is 10.1. The van der Waals surface area contributed by atoms with Crippen molar-refractivity contribution in [2.75, 3.05) is 10.6 Å². The number of thiazole rings is 1. The summed E-state index contributed by atoms with van der Waals surface area (Å²) in [6.07, 6.45) is 11.4. The summed E-state index contributed by atoms with van der Waals surface area (Å²) in [6, 6.07) is 7.77. The van der Waals surface area contributed by atoms with Gasteiger partial charge in [-0.15, -0.1) is 11.3 Å². The molecule has 1 aliphatic carbocycles. The average molecular weight is 485 g/mol. The van der Waals surface area contributed by atoms with E-state index in [2.05, 4.69) is 37.6 Å². The van der Waals surface area contributed by atoms with E-state index in [-0.39, 0.29) is 11.9 Å². The lowest BCUT2D eigenvalue weighted by Gasteiger charge is -2.16. The van der Waals surface area contributed by atoms with Crippen LogP contribution in [-0.2, 0) is 7.05 Å². The van der Waals surface area contributed by atoms with Crippen LogP contribution in [0, 0.1) is 0 Å². The first-order chi connectivity index (χ1) is 17.0. The van der Waals surface area contributed by atoms with E-state index in [0.29, 0.717) is 16.6 Å². The van der Waals surface area contributed by atoms with Crippen LogP contribution in [0.15, 0.2) is 55.2 Å². The number of nitrogens with zero attached hydrogens (tertiary/aromatic N) is 5. The molecule has 4 heterocycles. The van der Waals surface area contributed by atoms with Crippen LogP contribution in [0.1, 0.15) is 52.0 Å². The number of rotatable bonds is 7. The number of nitrogens with one attached hydrogen (secondary N) is 3. The fraction of sp³-hybridized carbons (Fsp3) is 0.240. The Hall–Kier alpha value is -4.05. The van der Waals surface area contributed by atoms with Crippen molar-refractivity contribution in [1.82, 2.24) is 29.7 Å².